The van der Waals surface area contributed by atoms with E-state index in [1.54, 1.807) is 0 Å². The molecule has 0 radical (unpaired) electrons. The molecule has 0 spiro atoms. The molecule has 0 amide bonds. The SMILES string of the molecule is Cc1ccc(C)c(C2(CBr)CCOCC2)c1. The maximum atomic E-state index is 5.50. The highest BCUT2D eigenvalue weighted by Crippen LogP contribution is 2.38. The molecule has 0 unspecified atom stereocenters. The van der Waals surface area contributed by atoms with Crippen LogP contribution < -0.4 is 0 Å². The molecule has 1 nitrogen and oxygen atoms in total. The van der Waals surface area contributed by atoms with Crippen molar-refractivity contribution in [3.8, 4) is 0 Å². The van der Waals surface area contributed by atoms with E-state index >= 15 is 0 Å². The Balaban J connectivity index is 2.42. The summed E-state index contributed by atoms with van der Waals surface area (Å²) in [6.45, 7) is 6.16. The number of benzene rings is 1. The number of rotatable bonds is 2. The number of ether oxygens (including phenoxy) is 1. The third-order valence-corrected chi connectivity index (χ3v) is 4.74. The second kappa shape index (κ2) is 4.89. The number of hydrogen-bond acceptors (Lipinski definition) is 1. The van der Waals surface area contributed by atoms with Crippen LogP contribution in [0.1, 0.15) is 29.5 Å². The molecule has 0 aliphatic carbocycles. The van der Waals surface area contributed by atoms with E-state index in [2.05, 4.69) is 48.0 Å². The van der Waals surface area contributed by atoms with E-state index in [-0.39, 0.29) is 5.41 Å². The van der Waals surface area contributed by atoms with Gasteiger partial charge in [0.25, 0.3) is 0 Å². The molecule has 0 atom stereocenters. The average Bonchev–Trinajstić information content (AvgIpc) is 2.33. The van der Waals surface area contributed by atoms with Gasteiger partial charge in [-0.25, -0.2) is 0 Å². The molecule has 1 aromatic rings. The summed E-state index contributed by atoms with van der Waals surface area (Å²) in [5, 5.41) is 1.04. The number of halogens is 1. The van der Waals surface area contributed by atoms with Crippen molar-refractivity contribution in [1.82, 2.24) is 0 Å². The first kappa shape index (κ1) is 12.1. The van der Waals surface area contributed by atoms with Gasteiger partial charge in [-0.05, 0) is 37.8 Å². The highest BCUT2D eigenvalue weighted by Gasteiger charge is 2.34. The smallest absolute Gasteiger partial charge is 0.0474 e. The molecule has 1 aliphatic heterocycles. The molecule has 1 aromatic carbocycles. The van der Waals surface area contributed by atoms with Crippen LogP contribution in [0.15, 0.2) is 18.2 Å². The van der Waals surface area contributed by atoms with Crippen LogP contribution in [-0.4, -0.2) is 18.5 Å². The fraction of sp³-hybridized carbons (Fsp3) is 0.571. The quantitative estimate of drug-likeness (QED) is 0.751. The van der Waals surface area contributed by atoms with Gasteiger partial charge in [0.05, 0.1) is 0 Å². The van der Waals surface area contributed by atoms with Gasteiger partial charge in [-0.2, -0.15) is 0 Å². The van der Waals surface area contributed by atoms with Crippen LogP contribution in [0.5, 0.6) is 0 Å². The molecule has 0 saturated carbocycles. The largest absolute Gasteiger partial charge is 0.381 e. The molecular weight excluding hydrogens is 264 g/mol. The Morgan fingerprint density at radius 2 is 1.94 bits per heavy atom. The zero-order valence-electron chi connectivity index (χ0n) is 10.1. The standard InChI is InChI=1S/C14H19BrO/c1-11-3-4-12(2)13(9-11)14(10-15)5-7-16-8-6-14/h3-4,9H,5-8,10H2,1-2H3. The van der Waals surface area contributed by atoms with Crippen LogP contribution in [-0.2, 0) is 10.2 Å². The average molecular weight is 283 g/mol. The van der Waals surface area contributed by atoms with Gasteiger partial charge in [-0.1, -0.05) is 39.7 Å². The topological polar surface area (TPSA) is 9.23 Å². The highest BCUT2D eigenvalue weighted by atomic mass is 79.9. The van der Waals surface area contributed by atoms with Gasteiger partial charge in [0.2, 0.25) is 0 Å². The van der Waals surface area contributed by atoms with Gasteiger partial charge >= 0.3 is 0 Å². The van der Waals surface area contributed by atoms with Crippen LogP contribution in [0.2, 0.25) is 0 Å². The summed E-state index contributed by atoms with van der Waals surface area (Å²) in [6, 6.07) is 6.78. The van der Waals surface area contributed by atoms with Gasteiger partial charge in [0.1, 0.15) is 0 Å². The van der Waals surface area contributed by atoms with Gasteiger partial charge in [-0.15, -0.1) is 0 Å². The maximum Gasteiger partial charge on any atom is 0.0474 e. The Morgan fingerprint density at radius 1 is 1.25 bits per heavy atom. The first-order chi connectivity index (χ1) is 7.68. The lowest BCUT2D eigenvalue weighted by atomic mass is 9.74. The van der Waals surface area contributed by atoms with Crippen LogP contribution in [0, 0.1) is 13.8 Å². The molecule has 16 heavy (non-hydrogen) atoms. The van der Waals surface area contributed by atoms with Crippen molar-refractivity contribution in [1.29, 1.82) is 0 Å². The Morgan fingerprint density at radius 3 is 2.56 bits per heavy atom. The summed E-state index contributed by atoms with van der Waals surface area (Å²) in [5.74, 6) is 0. The van der Waals surface area contributed by atoms with E-state index in [1.807, 2.05) is 0 Å². The molecule has 88 valence electrons. The zero-order valence-corrected chi connectivity index (χ0v) is 11.6. The fourth-order valence-electron chi connectivity index (χ4n) is 2.54. The number of alkyl halides is 1. The molecule has 1 aliphatic rings. The molecule has 2 rings (SSSR count). The minimum absolute atomic E-state index is 0.286. The van der Waals surface area contributed by atoms with E-state index in [0.29, 0.717) is 0 Å². The van der Waals surface area contributed by atoms with Crippen LogP contribution in [0.25, 0.3) is 0 Å². The Labute approximate surface area is 106 Å². The summed E-state index contributed by atoms with van der Waals surface area (Å²) in [6.07, 6.45) is 2.26. The molecular formula is C14H19BrO. The Hall–Kier alpha value is -0.340. The van der Waals surface area contributed by atoms with Crippen LogP contribution >= 0.6 is 15.9 Å². The molecule has 1 fully saturated rings. The number of hydrogen-bond donors (Lipinski definition) is 0. The lowest BCUT2D eigenvalue weighted by Crippen LogP contribution is -2.36. The monoisotopic (exact) mass is 282 g/mol. The van der Waals surface area contributed by atoms with Crippen molar-refractivity contribution in [2.75, 3.05) is 18.5 Å². The van der Waals surface area contributed by atoms with Crippen molar-refractivity contribution in [2.45, 2.75) is 32.1 Å². The van der Waals surface area contributed by atoms with Crippen molar-refractivity contribution < 1.29 is 4.74 Å². The Bertz CT molecular complexity index is 367. The predicted octanol–water partition coefficient (Wildman–Crippen LogP) is 3.75. The summed E-state index contributed by atoms with van der Waals surface area (Å²) < 4.78 is 5.50. The normalized spacial score (nSPS) is 19.7. The summed E-state index contributed by atoms with van der Waals surface area (Å²) >= 11 is 3.71. The number of aryl methyl sites for hydroxylation is 2. The van der Waals surface area contributed by atoms with Gasteiger partial charge in [-0.3, -0.25) is 0 Å². The Kier molecular flexibility index (Phi) is 3.70. The summed E-state index contributed by atoms with van der Waals surface area (Å²) in [4.78, 5) is 0. The minimum atomic E-state index is 0.286. The first-order valence-corrected chi connectivity index (χ1v) is 7.01. The second-order valence-corrected chi connectivity index (χ2v) is 5.41. The minimum Gasteiger partial charge on any atom is -0.381 e. The van der Waals surface area contributed by atoms with Crippen LogP contribution in [0.3, 0.4) is 0 Å². The molecule has 2 heteroatoms. The fourth-order valence-corrected chi connectivity index (χ4v) is 3.41. The molecule has 0 bridgehead atoms. The predicted molar refractivity (Wildman–Crippen MR) is 71.4 cm³/mol. The molecule has 0 aromatic heterocycles. The van der Waals surface area contributed by atoms with E-state index < -0.39 is 0 Å². The van der Waals surface area contributed by atoms with E-state index in [9.17, 15) is 0 Å². The van der Waals surface area contributed by atoms with Crippen LogP contribution in [0.4, 0.5) is 0 Å². The van der Waals surface area contributed by atoms with Gasteiger partial charge in [0.15, 0.2) is 0 Å². The van der Waals surface area contributed by atoms with E-state index in [1.165, 1.54) is 16.7 Å². The maximum absolute atomic E-state index is 5.50. The molecule has 0 N–H and O–H groups in total. The highest BCUT2D eigenvalue weighted by molar-refractivity contribution is 9.09. The van der Waals surface area contributed by atoms with Gasteiger partial charge < -0.3 is 4.74 Å². The second-order valence-electron chi connectivity index (χ2n) is 4.84. The first-order valence-electron chi connectivity index (χ1n) is 5.89. The lowest BCUT2D eigenvalue weighted by molar-refractivity contribution is 0.0582. The van der Waals surface area contributed by atoms with Crippen molar-refractivity contribution in [3.63, 3.8) is 0 Å². The lowest BCUT2D eigenvalue weighted by Gasteiger charge is -2.37. The van der Waals surface area contributed by atoms with Crippen molar-refractivity contribution >= 4 is 15.9 Å². The van der Waals surface area contributed by atoms with Gasteiger partial charge in [0, 0.05) is 24.0 Å². The van der Waals surface area contributed by atoms with E-state index in [4.69, 9.17) is 4.74 Å². The third kappa shape index (κ3) is 2.18. The van der Waals surface area contributed by atoms with Crippen molar-refractivity contribution in [3.05, 3.63) is 34.9 Å². The molecule has 1 heterocycles. The molecule has 1 saturated heterocycles. The zero-order chi connectivity index (χ0) is 11.6. The van der Waals surface area contributed by atoms with E-state index in [0.717, 1.165) is 31.4 Å². The third-order valence-electron chi connectivity index (χ3n) is 3.67. The summed E-state index contributed by atoms with van der Waals surface area (Å²) in [5.41, 5.74) is 4.56. The summed E-state index contributed by atoms with van der Waals surface area (Å²) in [7, 11) is 0. The van der Waals surface area contributed by atoms with Crippen molar-refractivity contribution in [2.24, 2.45) is 0 Å².